The highest BCUT2D eigenvalue weighted by Crippen LogP contribution is 1.96. The Balaban J connectivity index is -0.0000000817. The number of primary amides is 1. The maximum atomic E-state index is 10.1. The number of amides is 1. The molecule has 1 amide bonds. The van der Waals surface area contributed by atoms with Crippen molar-refractivity contribution < 1.29 is 4.79 Å². The molecule has 0 spiro atoms. The molecule has 11 heavy (non-hydrogen) atoms. The number of hydrogen-bond acceptors (Lipinski definition) is 1. The van der Waals surface area contributed by atoms with Gasteiger partial charge in [-0.15, -0.1) is 24.8 Å². The molecule has 4 heteroatoms. The van der Waals surface area contributed by atoms with Crippen molar-refractivity contribution in [2.24, 2.45) is 5.73 Å². The van der Waals surface area contributed by atoms with Crippen LogP contribution in [0, 0.1) is 0 Å². The summed E-state index contributed by atoms with van der Waals surface area (Å²) in [6.45, 7) is 2.10. The molecule has 0 aromatic rings. The highest BCUT2D eigenvalue weighted by Gasteiger charge is 1.90. The Kier molecular flexibility index (Phi) is 33.8. The average molecular weight is 204 g/mol. The van der Waals surface area contributed by atoms with E-state index in [1.165, 1.54) is 0 Å². The Morgan fingerprint density at radius 2 is 1.73 bits per heavy atom. The van der Waals surface area contributed by atoms with Crippen LogP contribution in [0.4, 0.5) is 0 Å². The molecule has 2 nitrogen and oxygen atoms in total. The average Bonchev–Trinajstić information content (AvgIpc) is 1.66. The fourth-order valence-corrected chi connectivity index (χ4v) is 0.549. The van der Waals surface area contributed by atoms with Gasteiger partial charge in [0, 0.05) is 6.42 Å². The molecule has 0 fully saturated rings. The van der Waals surface area contributed by atoms with Gasteiger partial charge in [0.1, 0.15) is 0 Å². The van der Waals surface area contributed by atoms with Crippen LogP contribution in [0.1, 0.15) is 40.0 Å². The zero-order chi connectivity index (χ0) is 6.41. The summed E-state index contributed by atoms with van der Waals surface area (Å²) < 4.78 is 0. The van der Waals surface area contributed by atoms with Crippen LogP contribution in [0.2, 0.25) is 0 Å². The first kappa shape index (κ1) is 22.5. The highest BCUT2D eigenvalue weighted by molar-refractivity contribution is 5.85. The van der Waals surface area contributed by atoms with Crippen LogP contribution < -0.4 is 5.73 Å². The fourth-order valence-electron chi connectivity index (χ4n) is 0.549. The molecule has 0 bridgehead atoms. The molecule has 0 aliphatic heterocycles. The molecule has 0 saturated heterocycles. The minimum atomic E-state index is -0.182. The van der Waals surface area contributed by atoms with Gasteiger partial charge in [-0.05, 0) is 6.42 Å². The van der Waals surface area contributed by atoms with Crippen LogP contribution in [0.25, 0.3) is 0 Å². The number of nitrogens with two attached hydrogens (primary N) is 1. The third-order valence-corrected chi connectivity index (χ3v) is 1.03. The lowest BCUT2D eigenvalue weighted by Gasteiger charge is -1.90. The van der Waals surface area contributed by atoms with Crippen molar-refractivity contribution in [3.8, 4) is 0 Å². The lowest BCUT2D eigenvalue weighted by Crippen LogP contribution is -2.09. The zero-order valence-corrected chi connectivity index (χ0v) is 7.76. The predicted octanol–water partition coefficient (Wildman–Crippen LogP) is 2.53. The van der Waals surface area contributed by atoms with Crippen molar-refractivity contribution >= 4 is 30.7 Å². The van der Waals surface area contributed by atoms with E-state index < -0.39 is 0 Å². The molecule has 0 aromatic carbocycles. The van der Waals surface area contributed by atoms with Gasteiger partial charge in [0.05, 0.1) is 0 Å². The Hall–Kier alpha value is 0.0500. The van der Waals surface area contributed by atoms with Crippen LogP contribution in [-0.2, 0) is 4.79 Å². The molecule has 0 rings (SSSR count). The molecule has 0 radical (unpaired) electrons. The lowest BCUT2D eigenvalue weighted by atomic mass is 10.2. The quantitative estimate of drug-likeness (QED) is 0.702. The Morgan fingerprint density at radius 1 is 1.27 bits per heavy atom. The summed E-state index contributed by atoms with van der Waals surface area (Å²) in [5.74, 6) is -0.182. The van der Waals surface area contributed by atoms with Gasteiger partial charge in [-0.2, -0.15) is 0 Å². The van der Waals surface area contributed by atoms with Crippen molar-refractivity contribution in [2.75, 3.05) is 0 Å². The van der Waals surface area contributed by atoms with E-state index in [1.54, 1.807) is 0 Å². The molecule has 0 unspecified atom stereocenters. The molecule has 0 aromatic heterocycles. The fraction of sp³-hybridized carbons (Fsp3) is 0.857. The van der Waals surface area contributed by atoms with E-state index in [0.29, 0.717) is 6.42 Å². The van der Waals surface area contributed by atoms with Crippen LogP contribution in [-0.4, -0.2) is 5.91 Å². The maximum Gasteiger partial charge on any atom is 0.217 e. The van der Waals surface area contributed by atoms with E-state index in [2.05, 4.69) is 6.92 Å². The normalized spacial score (nSPS) is 6.64. The summed E-state index contributed by atoms with van der Waals surface area (Å²) in [6.07, 6.45) is 3.76. The summed E-state index contributed by atoms with van der Waals surface area (Å²) >= 11 is 0. The molecule has 2 N–H and O–H groups in total. The first-order chi connectivity index (χ1) is 3.77. The molecule has 72 valence electrons. The van der Waals surface area contributed by atoms with Crippen molar-refractivity contribution in [1.29, 1.82) is 0 Å². The topological polar surface area (TPSA) is 43.1 Å². The number of unbranched alkanes of at least 4 members (excludes halogenated alkanes) is 2. The van der Waals surface area contributed by atoms with Crippen molar-refractivity contribution in [3.05, 3.63) is 0 Å². The maximum absolute atomic E-state index is 10.1. The number of carbonyl (C=O) groups is 1. The first-order valence-corrected chi connectivity index (χ1v) is 3.05. The number of hydrogen-bond donors (Lipinski definition) is 1. The predicted molar refractivity (Wildman–Crippen MR) is 54.6 cm³/mol. The lowest BCUT2D eigenvalue weighted by molar-refractivity contribution is -0.118. The standard InChI is InChI=1S/C6H13NO.CH4.2ClH/c1-2-3-4-5-6(7)8;;;/h2-5H2,1H3,(H2,7,8);1H4;2*1H. The van der Waals surface area contributed by atoms with Gasteiger partial charge in [0.25, 0.3) is 0 Å². The SMILES string of the molecule is C.CCCCCC(N)=O.Cl.Cl. The minimum Gasteiger partial charge on any atom is -0.370 e. The monoisotopic (exact) mass is 203 g/mol. The van der Waals surface area contributed by atoms with Gasteiger partial charge in [-0.3, -0.25) is 4.79 Å². The van der Waals surface area contributed by atoms with Gasteiger partial charge < -0.3 is 5.73 Å². The van der Waals surface area contributed by atoms with E-state index in [4.69, 9.17) is 5.73 Å². The van der Waals surface area contributed by atoms with E-state index >= 15 is 0 Å². The number of halogens is 2. The van der Waals surface area contributed by atoms with Crippen molar-refractivity contribution in [1.82, 2.24) is 0 Å². The Morgan fingerprint density at radius 3 is 2.00 bits per heavy atom. The van der Waals surface area contributed by atoms with Crippen LogP contribution in [0.5, 0.6) is 0 Å². The van der Waals surface area contributed by atoms with Crippen molar-refractivity contribution in [3.63, 3.8) is 0 Å². The van der Waals surface area contributed by atoms with Gasteiger partial charge in [0.2, 0.25) is 5.91 Å². The molecular weight excluding hydrogens is 185 g/mol. The second kappa shape index (κ2) is 16.6. The molecule has 0 saturated carbocycles. The summed E-state index contributed by atoms with van der Waals surface area (Å²) in [5.41, 5.74) is 4.89. The minimum absolute atomic E-state index is 0. The molecule has 0 aliphatic carbocycles. The van der Waals surface area contributed by atoms with Gasteiger partial charge in [-0.1, -0.05) is 27.2 Å². The molecule has 0 heterocycles. The zero-order valence-electron chi connectivity index (χ0n) is 6.13. The highest BCUT2D eigenvalue weighted by atomic mass is 35.5. The van der Waals surface area contributed by atoms with Gasteiger partial charge in [-0.25, -0.2) is 0 Å². The summed E-state index contributed by atoms with van der Waals surface area (Å²) in [4.78, 5) is 10.1. The van der Waals surface area contributed by atoms with E-state index in [1.807, 2.05) is 0 Å². The molecule has 0 aliphatic rings. The van der Waals surface area contributed by atoms with Gasteiger partial charge >= 0.3 is 0 Å². The Labute approximate surface area is 81.7 Å². The first-order valence-electron chi connectivity index (χ1n) is 3.05. The molecule has 0 atom stereocenters. The molecular formula is C7H19Cl2NO. The second-order valence-corrected chi connectivity index (χ2v) is 1.92. The Bertz CT molecular complexity index is 78.8. The summed E-state index contributed by atoms with van der Waals surface area (Å²) in [5, 5.41) is 0. The van der Waals surface area contributed by atoms with E-state index in [9.17, 15) is 4.79 Å². The van der Waals surface area contributed by atoms with E-state index in [-0.39, 0.29) is 38.1 Å². The second-order valence-electron chi connectivity index (χ2n) is 1.92. The third kappa shape index (κ3) is 25.5. The third-order valence-electron chi connectivity index (χ3n) is 1.03. The number of rotatable bonds is 4. The van der Waals surface area contributed by atoms with Crippen molar-refractivity contribution in [2.45, 2.75) is 40.0 Å². The largest absolute Gasteiger partial charge is 0.370 e. The van der Waals surface area contributed by atoms with Gasteiger partial charge in [0.15, 0.2) is 0 Å². The van der Waals surface area contributed by atoms with Crippen LogP contribution >= 0.6 is 24.8 Å². The van der Waals surface area contributed by atoms with Crippen LogP contribution in [0.15, 0.2) is 0 Å². The summed E-state index contributed by atoms with van der Waals surface area (Å²) in [7, 11) is 0. The van der Waals surface area contributed by atoms with Crippen LogP contribution in [0.3, 0.4) is 0 Å². The number of carbonyl (C=O) groups excluding carboxylic acids is 1. The smallest absolute Gasteiger partial charge is 0.217 e. The summed E-state index contributed by atoms with van der Waals surface area (Å²) in [6, 6.07) is 0. The van der Waals surface area contributed by atoms with E-state index in [0.717, 1.165) is 19.3 Å².